The fourth-order valence-corrected chi connectivity index (χ4v) is 2.71. The van der Waals surface area contributed by atoms with Crippen molar-refractivity contribution in [3.8, 4) is 5.75 Å². The summed E-state index contributed by atoms with van der Waals surface area (Å²) in [5, 5.41) is 6.33. The molecule has 0 bridgehead atoms. The van der Waals surface area contributed by atoms with Gasteiger partial charge in [0.2, 0.25) is 11.8 Å². The molecule has 150 valence electrons. The van der Waals surface area contributed by atoms with Crippen molar-refractivity contribution in [3.63, 3.8) is 0 Å². The molecule has 8 heteroatoms. The minimum Gasteiger partial charge on any atom is -0.497 e. The number of carbonyl (C=O) groups is 2. The maximum atomic E-state index is 12.1. The summed E-state index contributed by atoms with van der Waals surface area (Å²) in [4.78, 5) is 24.0. The molecule has 0 fully saturated rings. The van der Waals surface area contributed by atoms with E-state index in [1.54, 1.807) is 7.11 Å². The Morgan fingerprint density at radius 1 is 1.26 bits per heavy atom. The molecular weight excluding hydrogens is 370 g/mol. The number of benzene rings is 1. The van der Waals surface area contributed by atoms with Crippen molar-refractivity contribution in [2.45, 2.75) is 39.8 Å². The van der Waals surface area contributed by atoms with E-state index < -0.39 is 6.04 Å². The molecule has 27 heavy (non-hydrogen) atoms. The van der Waals surface area contributed by atoms with Crippen LogP contribution in [0.5, 0.6) is 5.75 Å². The highest BCUT2D eigenvalue weighted by Crippen LogP contribution is 2.31. The van der Waals surface area contributed by atoms with Crippen LogP contribution in [0.1, 0.15) is 38.1 Å². The number of hydrogen-bond acceptors (Lipinski definition) is 5. The molecule has 2 aromatic rings. The minimum absolute atomic E-state index is 0. The van der Waals surface area contributed by atoms with Crippen molar-refractivity contribution in [3.05, 3.63) is 29.5 Å². The van der Waals surface area contributed by atoms with Gasteiger partial charge in [-0.05, 0) is 38.0 Å². The lowest BCUT2D eigenvalue weighted by Gasteiger charge is -2.16. The molecule has 0 saturated carbocycles. The Morgan fingerprint density at radius 2 is 1.93 bits per heavy atom. The molecule has 2 amide bonds. The average Bonchev–Trinajstić information content (AvgIpc) is 2.95. The van der Waals surface area contributed by atoms with Crippen LogP contribution < -0.4 is 21.1 Å². The number of fused-ring (bicyclic) bond motifs is 1. The van der Waals surface area contributed by atoms with Gasteiger partial charge in [-0.2, -0.15) is 0 Å². The quantitative estimate of drug-likeness (QED) is 0.665. The highest BCUT2D eigenvalue weighted by atomic mass is 35.5. The number of ether oxygens (including phenoxy) is 1. The Hall–Kier alpha value is -2.25. The topological polar surface area (TPSA) is 107 Å². The Kier molecular flexibility index (Phi) is 8.12. The predicted molar refractivity (Wildman–Crippen MR) is 107 cm³/mol. The van der Waals surface area contributed by atoms with E-state index in [1.807, 2.05) is 45.9 Å². The van der Waals surface area contributed by atoms with Gasteiger partial charge < -0.3 is 25.5 Å². The minimum atomic E-state index is -0.632. The zero-order valence-corrected chi connectivity index (χ0v) is 17.1. The van der Waals surface area contributed by atoms with Crippen LogP contribution in [0.2, 0.25) is 0 Å². The standard InChI is InChI=1S/C19H27N3O4.ClH/c1-10(2)17(20)19(24)21-9-16(23)22-12(4)18-11(3)14-8-13(25-5)6-7-15(14)26-18;/h6-8,10,12,17H,9,20H2,1-5H3,(H,21,24)(H,22,23);1H/t12?,17-;/m0./s1. The summed E-state index contributed by atoms with van der Waals surface area (Å²) in [5.41, 5.74) is 7.43. The van der Waals surface area contributed by atoms with E-state index in [9.17, 15) is 9.59 Å². The second kappa shape index (κ2) is 9.62. The van der Waals surface area contributed by atoms with Crippen LogP contribution in [0.15, 0.2) is 22.6 Å². The molecular formula is C19H28ClN3O4. The van der Waals surface area contributed by atoms with E-state index in [4.69, 9.17) is 14.9 Å². The Balaban J connectivity index is 0.00000364. The Labute approximate surface area is 165 Å². The fraction of sp³-hybridized carbons (Fsp3) is 0.474. The molecule has 0 aliphatic rings. The third kappa shape index (κ3) is 5.37. The van der Waals surface area contributed by atoms with E-state index >= 15 is 0 Å². The van der Waals surface area contributed by atoms with Crippen molar-refractivity contribution >= 4 is 35.2 Å². The first kappa shape index (κ1) is 22.8. The molecule has 2 rings (SSSR count). The highest BCUT2D eigenvalue weighted by molar-refractivity contribution is 5.88. The predicted octanol–water partition coefficient (Wildman–Crippen LogP) is 2.45. The third-order valence-corrected chi connectivity index (χ3v) is 4.40. The van der Waals surface area contributed by atoms with E-state index in [2.05, 4.69) is 10.6 Å². The van der Waals surface area contributed by atoms with Crippen LogP contribution >= 0.6 is 12.4 Å². The van der Waals surface area contributed by atoms with E-state index in [1.165, 1.54) is 0 Å². The number of nitrogens with one attached hydrogen (secondary N) is 2. The number of aryl methyl sites for hydroxylation is 1. The normalized spacial score (nSPS) is 13.0. The third-order valence-electron chi connectivity index (χ3n) is 4.40. The average molecular weight is 398 g/mol. The second-order valence-electron chi connectivity index (χ2n) is 6.73. The molecule has 1 unspecified atom stereocenters. The number of rotatable bonds is 7. The lowest BCUT2D eigenvalue weighted by atomic mass is 10.1. The maximum Gasteiger partial charge on any atom is 0.239 e. The Bertz CT molecular complexity index is 804. The summed E-state index contributed by atoms with van der Waals surface area (Å²) in [6.07, 6.45) is 0. The van der Waals surface area contributed by atoms with Crippen molar-refractivity contribution in [1.29, 1.82) is 0 Å². The summed E-state index contributed by atoms with van der Waals surface area (Å²) >= 11 is 0. The van der Waals surface area contributed by atoms with Gasteiger partial charge in [0, 0.05) is 10.9 Å². The molecule has 0 radical (unpaired) electrons. The zero-order valence-electron chi connectivity index (χ0n) is 16.3. The van der Waals surface area contributed by atoms with Crippen molar-refractivity contribution < 1.29 is 18.7 Å². The SMILES string of the molecule is COc1ccc2oc(C(C)NC(=O)CNC(=O)[C@@H](N)C(C)C)c(C)c2c1.Cl. The molecule has 7 nitrogen and oxygen atoms in total. The van der Waals surface area contributed by atoms with Gasteiger partial charge in [0.25, 0.3) is 0 Å². The van der Waals surface area contributed by atoms with Gasteiger partial charge in [-0.1, -0.05) is 13.8 Å². The number of methoxy groups -OCH3 is 1. The summed E-state index contributed by atoms with van der Waals surface area (Å²) < 4.78 is 11.1. The first-order valence-electron chi connectivity index (χ1n) is 8.64. The molecule has 0 spiro atoms. The number of amides is 2. The van der Waals surface area contributed by atoms with Crippen molar-refractivity contribution in [2.24, 2.45) is 11.7 Å². The van der Waals surface area contributed by atoms with Gasteiger partial charge in [0.1, 0.15) is 17.1 Å². The number of furan rings is 1. The fourth-order valence-electron chi connectivity index (χ4n) is 2.71. The van der Waals surface area contributed by atoms with Crippen LogP contribution in [-0.2, 0) is 9.59 Å². The lowest BCUT2D eigenvalue weighted by molar-refractivity contribution is -0.127. The monoisotopic (exact) mass is 397 g/mol. The van der Waals surface area contributed by atoms with Crippen LogP contribution in [0, 0.1) is 12.8 Å². The number of nitrogens with two attached hydrogens (primary N) is 1. The molecule has 1 aromatic heterocycles. The largest absolute Gasteiger partial charge is 0.497 e. The second-order valence-corrected chi connectivity index (χ2v) is 6.73. The molecule has 0 saturated heterocycles. The Morgan fingerprint density at radius 3 is 2.52 bits per heavy atom. The van der Waals surface area contributed by atoms with Gasteiger partial charge in [0.05, 0.1) is 25.7 Å². The first-order valence-corrected chi connectivity index (χ1v) is 8.64. The van der Waals surface area contributed by atoms with Gasteiger partial charge in [-0.3, -0.25) is 9.59 Å². The highest BCUT2D eigenvalue weighted by Gasteiger charge is 2.21. The van der Waals surface area contributed by atoms with Gasteiger partial charge in [-0.15, -0.1) is 12.4 Å². The van der Waals surface area contributed by atoms with Crippen molar-refractivity contribution in [2.75, 3.05) is 13.7 Å². The first-order chi connectivity index (χ1) is 12.2. The van der Waals surface area contributed by atoms with Crippen LogP contribution in [0.25, 0.3) is 11.0 Å². The summed E-state index contributed by atoms with van der Waals surface area (Å²) in [6.45, 7) is 7.35. The summed E-state index contributed by atoms with van der Waals surface area (Å²) in [5.74, 6) is 0.780. The van der Waals surface area contributed by atoms with E-state index in [0.717, 1.165) is 22.3 Å². The number of hydrogen-bond donors (Lipinski definition) is 3. The van der Waals surface area contributed by atoms with Gasteiger partial charge >= 0.3 is 0 Å². The zero-order chi connectivity index (χ0) is 19.4. The molecule has 4 N–H and O–H groups in total. The number of halogens is 1. The van der Waals surface area contributed by atoms with Crippen LogP contribution in [0.3, 0.4) is 0 Å². The lowest BCUT2D eigenvalue weighted by Crippen LogP contribution is -2.47. The molecule has 1 heterocycles. The van der Waals surface area contributed by atoms with Gasteiger partial charge in [0.15, 0.2) is 0 Å². The van der Waals surface area contributed by atoms with Gasteiger partial charge in [-0.25, -0.2) is 0 Å². The smallest absolute Gasteiger partial charge is 0.239 e. The summed E-state index contributed by atoms with van der Waals surface area (Å²) in [7, 11) is 1.61. The molecule has 0 aliphatic heterocycles. The number of carbonyl (C=O) groups excluding carboxylic acids is 2. The molecule has 1 aromatic carbocycles. The van der Waals surface area contributed by atoms with E-state index in [0.29, 0.717) is 5.76 Å². The van der Waals surface area contributed by atoms with Crippen molar-refractivity contribution in [1.82, 2.24) is 10.6 Å². The molecule has 0 aliphatic carbocycles. The maximum absolute atomic E-state index is 12.1. The summed E-state index contributed by atoms with van der Waals surface area (Å²) in [6, 6.07) is 4.60. The molecule has 2 atom stereocenters. The van der Waals surface area contributed by atoms with E-state index in [-0.39, 0.29) is 42.7 Å². The van der Waals surface area contributed by atoms with Crippen LogP contribution in [0.4, 0.5) is 0 Å². The van der Waals surface area contributed by atoms with Crippen LogP contribution in [-0.4, -0.2) is 31.5 Å².